The van der Waals surface area contributed by atoms with E-state index in [0.717, 1.165) is 12.8 Å². The minimum atomic E-state index is -0.878. The molecule has 80 valence electrons. The van der Waals surface area contributed by atoms with Crippen LogP contribution in [0.25, 0.3) is 0 Å². The van der Waals surface area contributed by atoms with Crippen molar-refractivity contribution < 1.29 is 13.9 Å². The Kier molecular flexibility index (Phi) is 2.26. The highest BCUT2D eigenvalue weighted by molar-refractivity contribution is 5.82. The highest BCUT2D eigenvalue weighted by Gasteiger charge is 2.57. The number of fused-ring (bicyclic) bond motifs is 1. The molecule has 3 atom stereocenters. The van der Waals surface area contributed by atoms with E-state index in [9.17, 15) is 9.18 Å². The summed E-state index contributed by atoms with van der Waals surface area (Å²) in [4.78, 5) is 13.7. The second-order valence-corrected chi connectivity index (χ2v) is 4.36. The normalized spacial score (nSPS) is 42.5. The summed E-state index contributed by atoms with van der Waals surface area (Å²) in [6.45, 7) is 2.43. The van der Waals surface area contributed by atoms with Crippen molar-refractivity contribution >= 4 is 5.97 Å². The number of alkyl halides is 1. The Morgan fingerprint density at radius 3 is 3.00 bits per heavy atom. The number of halogens is 1. The Bertz CT molecular complexity index is 259. The average Bonchev–Trinajstić information content (AvgIpc) is 2.64. The average molecular weight is 201 g/mol. The molecule has 2 aliphatic rings. The molecule has 0 spiro atoms. The molecular formula is C10H16FNO2. The van der Waals surface area contributed by atoms with Crippen LogP contribution in [0, 0.1) is 0 Å². The summed E-state index contributed by atoms with van der Waals surface area (Å²) in [5, 5.41) is 0. The zero-order valence-corrected chi connectivity index (χ0v) is 8.62. The van der Waals surface area contributed by atoms with Gasteiger partial charge in [-0.3, -0.25) is 9.69 Å². The summed E-state index contributed by atoms with van der Waals surface area (Å²) in [6, 6.07) is 0.301. The number of nitrogens with zero attached hydrogens (tertiary/aromatic N) is 1. The smallest absolute Gasteiger partial charge is 0.326 e. The summed E-state index contributed by atoms with van der Waals surface area (Å²) in [5.41, 5.74) is -0.645. The van der Waals surface area contributed by atoms with E-state index < -0.39 is 11.7 Å². The van der Waals surface area contributed by atoms with Gasteiger partial charge in [0.05, 0.1) is 7.11 Å². The standard InChI is InChI=1S/C10H16FNO2/c1-7-3-4-10(9(13)14-2)5-8(11)6-12(7)10/h7-8H,3-6H2,1-2H3/t7-,8+,10-/m0/s1. The molecule has 0 radical (unpaired) electrons. The third-order valence-electron chi connectivity index (χ3n) is 3.58. The van der Waals surface area contributed by atoms with Crippen molar-refractivity contribution in [2.75, 3.05) is 13.7 Å². The van der Waals surface area contributed by atoms with Gasteiger partial charge in [0.25, 0.3) is 0 Å². The van der Waals surface area contributed by atoms with E-state index in [4.69, 9.17) is 4.74 Å². The largest absolute Gasteiger partial charge is 0.468 e. The lowest BCUT2D eigenvalue weighted by Gasteiger charge is -2.30. The first kappa shape index (κ1) is 9.90. The quantitative estimate of drug-likeness (QED) is 0.595. The molecular weight excluding hydrogens is 185 g/mol. The number of carbonyl (C=O) groups is 1. The number of hydrogen-bond acceptors (Lipinski definition) is 3. The van der Waals surface area contributed by atoms with Crippen molar-refractivity contribution in [2.24, 2.45) is 0 Å². The van der Waals surface area contributed by atoms with Gasteiger partial charge in [-0.2, -0.15) is 0 Å². The summed E-state index contributed by atoms with van der Waals surface area (Å²) < 4.78 is 18.1. The van der Waals surface area contributed by atoms with E-state index in [0.29, 0.717) is 19.0 Å². The molecule has 0 aromatic heterocycles. The van der Waals surface area contributed by atoms with Crippen molar-refractivity contribution in [3.8, 4) is 0 Å². The third kappa shape index (κ3) is 1.16. The molecule has 0 N–H and O–H groups in total. The highest BCUT2D eigenvalue weighted by Crippen LogP contribution is 2.43. The first-order valence-corrected chi connectivity index (χ1v) is 5.09. The highest BCUT2D eigenvalue weighted by atomic mass is 19.1. The molecule has 0 aromatic rings. The van der Waals surface area contributed by atoms with E-state index in [2.05, 4.69) is 0 Å². The second-order valence-electron chi connectivity index (χ2n) is 4.36. The Morgan fingerprint density at radius 2 is 2.36 bits per heavy atom. The van der Waals surface area contributed by atoms with Crippen LogP contribution in [0.5, 0.6) is 0 Å². The summed E-state index contributed by atoms with van der Waals surface area (Å²) >= 11 is 0. The Balaban J connectivity index is 2.27. The van der Waals surface area contributed by atoms with Crippen LogP contribution in [0.4, 0.5) is 4.39 Å². The first-order chi connectivity index (χ1) is 6.60. The Morgan fingerprint density at radius 1 is 1.64 bits per heavy atom. The van der Waals surface area contributed by atoms with Gasteiger partial charge in [-0.1, -0.05) is 0 Å². The van der Waals surface area contributed by atoms with Crippen molar-refractivity contribution in [2.45, 2.75) is 43.9 Å². The van der Waals surface area contributed by atoms with Crippen LogP contribution in [-0.2, 0) is 9.53 Å². The number of ether oxygens (including phenoxy) is 1. The van der Waals surface area contributed by atoms with E-state index >= 15 is 0 Å². The predicted octanol–water partition coefficient (Wildman–Crippen LogP) is 1.12. The molecule has 3 nitrogen and oxygen atoms in total. The van der Waals surface area contributed by atoms with Gasteiger partial charge in [0.2, 0.25) is 0 Å². The van der Waals surface area contributed by atoms with Gasteiger partial charge in [0.15, 0.2) is 0 Å². The fraction of sp³-hybridized carbons (Fsp3) is 0.900. The van der Waals surface area contributed by atoms with Crippen molar-refractivity contribution in [3.05, 3.63) is 0 Å². The van der Waals surface area contributed by atoms with Gasteiger partial charge in [0, 0.05) is 19.0 Å². The molecule has 0 saturated carbocycles. The van der Waals surface area contributed by atoms with Crippen LogP contribution in [-0.4, -0.2) is 42.3 Å². The van der Waals surface area contributed by atoms with E-state index in [-0.39, 0.29) is 5.97 Å². The minimum absolute atomic E-state index is 0.262. The van der Waals surface area contributed by atoms with Gasteiger partial charge in [-0.05, 0) is 19.8 Å². The Hall–Kier alpha value is -0.640. The molecule has 0 amide bonds. The summed E-state index contributed by atoms with van der Waals surface area (Å²) in [7, 11) is 1.38. The summed E-state index contributed by atoms with van der Waals surface area (Å²) in [5.74, 6) is -0.262. The molecule has 14 heavy (non-hydrogen) atoms. The maximum atomic E-state index is 13.3. The van der Waals surface area contributed by atoms with Crippen LogP contribution in [0.2, 0.25) is 0 Å². The van der Waals surface area contributed by atoms with Gasteiger partial charge in [0.1, 0.15) is 11.7 Å². The second kappa shape index (κ2) is 3.19. The zero-order chi connectivity index (χ0) is 10.3. The van der Waals surface area contributed by atoms with Crippen LogP contribution in [0.1, 0.15) is 26.2 Å². The number of carbonyl (C=O) groups excluding carboxylic acids is 1. The first-order valence-electron chi connectivity index (χ1n) is 5.09. The van der Waals surface area contributed by atoms with Gasteiger partial charge >= 0.3 is 5.97 Å². The van der Waals surface area contributed by atoms with Gasteiger partial charge < -0.3 is 4.74 Å². The van der Waals surface area contributed by atoms with E-state index in [1.165, 1.54) is 7.11 Å². The lowest BCUT2D eigenvalue weighted by molar-refractivity contribution is -0.152. The maximum Gasteiger partial charge on any atom is 0.326 e. The van der Waals surface area contributed by atoms with Gasteiger partial charge in [-0.25, -0.2) is 4.39 Å². The van der Waals surface area contributed by atoms with Crippen LogP contribution >= 0.6 is 0 Å². The number of hydrogen-bond donors (Lipinski definition) is 0. The van der Waals surface area contributed by atoms with Crippen molar-refractivity contribution in [3.63, 3.8) is 0 Å². The zero-order valence-electron chi connectivity index (χ0n) is 8.62. The maximum absolute atomic E-state index is 13.3. The van der Waals surface area contributed by atoms with Gasteiger partial charge in [-0.15, -0.1) is 0 Å². The molecule has 2 fully saturated rings. The molecule has 0 bridgehead atoms. The van der Waals surface area contributed by atoms with Crippen LogP contribution in [0.3, 0.4) is 0 Å². The number of methoxy groups -OCH3 is 1. The fourth-order valence-electron chi connectivity index (χ4n) is 2.88. The molecule has 0 unspecified atom stereocenters. The minimum Gasteiger partial charge on any atom is -0.468 e. The monoisotopic (exact) mass is 201 g/mol. The SMILES string of the molecule is COC(=O)[C@@]12CC[C@H](C)N1C[C@H](F)C2. The van der Waals surface area contributed by atoms with Crippen LogP contribution in [0.15, 0.2) is 0 Å². The molecule has 2 aliphatic heterocycles. The molecule has 0 aliphatic carbocycles. The molecule has 2 heterocycles. The molecule has 0 aromatic carbocycles. The fourth-order valence-corrected chi connectivity index (χ4v) is 2.88. The number of rotatable bonds is 1. The predicted molar refractivity (Wildman–Crippen MR) is 49.7 cm³/mol. The molecule has 4 heteroatoms. The van der Waals surface area contributed by atoms with Crippen molar-refractivity contribution in [1.29, 1.82) is 0 Å². The lowest BCUT2D eigenvalue weighted by atomic mass is 9.94. The van der Waals surface area contributed by atoms with Crippen molar-refractivity contribution in [1.82, 2.24) is 4.90 Å². The molecule has 2 saturated heterocycles. The van der Waals surface area contributed by atoms with Crippen LogP contribution < -0.4 is 0 Å². The third-order valence-corrected chi connectivity index (χ3v) is 3.58. The number of esters is 1. The Labute approximate surface area is 83.2 Å². The van der Waals surface area contributed by atoms with E-state index in [1.807, 2.05) is 11.8 Å². The lowest BCUT2D eigenvalue weighted by Crippen LogP contribution is -2.48. The molecule has 2 rings (SSSR count). The topological polar surface area (TPSA) is 29.5 Å². The summed E-state index contributed by atoms with van der Waals surface area (Å²) in [6.07, 6.45) is 1.13. The van der Waals surface area contributed by atoms with E-state index in [1.54, 1.807) is 0 Å².